The molecule has 5 heteroatoms. The van der Waals surface area contributed by atoms with Crippen molar-refractivity contribution < 1.29 is 4.79 Å². The molecule has 0 unspecified atom stereocenters. The number of thioether (sulfide) groups is 1. The summed E-state index contributed by atoms with van der Waals surface area (Å²) in [6, 6.07) is 0.319. The van der Waals surface area contributed by atoms with Crippen LogP contribution in [-0.4, -0.2) is 54.5 Å². The fourth-order valence-corrected chi connectivity index (χ4v) is 3.67. The van der Waals surface area contributed by atoms with Crippen molar-refractivity contribution in [3.05, 3.63) is 0 Å². The lowest BCUT2D eigenvalue weighted by Crippen LogP contribution is -2.42. The van der Waals surface area contributed by atoms with Crippen LogP contribution in [0.5, 0.6) is 0 Å². The smallest absolute Gasteiger partial charge is 0.223 e. The van der Waals surface area contributed by atoms with E-state index >= 15 is 0 Å². The van der Waals surface area contributed by atoms with Crippen LogP contribution in [0.2, 0.25) is 0 Å². The van der Waals surface area contributed by atoms with Gasteiger partial charge < -0.3 is 11.1 Å². The molecule has 2 fully saturated rings. The molecular formula is C13H25N3OS. The molecule has 0 radical (unpaired) electrons. The number of hydrogen-bond donors (Lipinski definition) is 2. The molecule has 0 aromatic carbocycles. The van der Waals surface area contributed by atoms with Gasteiger partial charge in [-0.05, 0) is 25.7 Å². The highest BCUT2D eigenvalue weighted by Crippen LogP contribution is 2.23. The SMILES string of the molecule is NC1CCC(C(=O)NCCN2CCSCC2)CC1. The molecule has 1 saturated carbocycles. The number of carbonyl (C=O) groups is 1. The van der Waals surface area contributed by atoms with Crippen molar-refractivity contribution in [2.24, 2.45) is 11.7 Å². The summed E-state index contributed by atoms with van der Waals surface area (Å²) in [6.45, 7) is 4.13. The molecule has 104 valence electrons. The summed E-state index contributed by atoms with van der Waals surface area (Å²) in [5, 5.41) is 3.09. The lowest BCUT2D eigenvalue weighted by molar-refractivity contribution is -0.126. The molecule has 0 spiro atoms. The number of nitrogens with two attached hydrogens (primary N) is 1. The first kappa shape index (κ1) is 14.2. The Bertz CT molecular complexity index is 261. The van der Waals surface area contributed by atoms with Crippen molar-refractivity contribution >= 4 is 17.7 Å². The van der Waals surface area contributed by atoms with E-state index in [-0.39, 0.29) is 11.8 Å². The largest absolute Gasteiger partial charge is 0.355 e. The van der Waals surface area contributed by atoms with Crippen LogP contribution in [0.15, 0.2) is 0 Å². The highest BCUT2D eigenvalue weighted by Gasteiger charge is 2.24. The second-order valence-electron chi connectivity index (χ2n) is 5.36. The lowest BCUT2D eigenvalue weighted by atomic mass is 9.86. The summed E-state index contributed by atoms with van der Waals surface area (Å²) >= 11 is 2.02. The molecule has 0 atom stereocenters. The zero-order chi connectivity index (χ0) is 12.8. The second kappa shape index (κ2) is 7.36. The van der Waals surface area contributed by atoms with E-state index in [9.17, 15) is 4.79 Å². The van der Waals surface area contributed by atoms with Gasteiger partial charge in [0, 0.05) is 49.6 Å². The van der Waals surface area contributed by atoms with Gasteiger partial charge in [0.05, 0.1) is 0 Å². The molecular weight excluding hydrogens is 246 g/mol. The maximum atomic E-state index is 12.0. The van der Waals surface area contributed by atoms with E-state index in [0.717, 1.165) is 38.8 Å². The van der Waals surface area contributed by atoms with E-state index in [1.54, 1.807) is 0 Å². The molecule has 0 aromatic rings. The third-order valence-electron chi connectivity index (χ3n) is 3.97. The number of nitrogens with zero attached hydrogens (tertiary/aromatic N) is 1. The summed E-state index contributed by atoms with van der Waals surface area (Å²) in [6.07, 6.45) is 3.93. The maximum absolute atomic E-state index is 12.0. The zero-order valence-corrected chi connectivity index (χ0v) is 11.9. The van der Waals surface area contributed by atoms with Crippen LogP contribution in [0.25, 0.3) is 0 Å². The van der Waals surface area contributed by atoms with Crippen LogP contribution in [0, 0.1) is 5.92 Å². The van der Waals surface area contributed by atoms with Crippen molar-refractivity contribution in [1.29, 1.82) is 0 Å². The van der Waals surface area contributed by atoms with E-state index in [4.69, 9.17) is 5.73 Å². The van der Waals surface area contributed by atoms with Crippen molar-refractivity contribution in [2.45, 2.75) is 31.7 Å². The fourth-order valence-electron chi connectivity index (χ4n) is 2.69. The van der Waals surface area contributed by atoms with Gasteiger partial charge in [0.15, 0.2) is 0 Å². The van der Waals surface area contributed by atoms with Gasteiger partial charge in [-0.25, -0.2) is 0 Å². The third kappa shape index (κ3) is 4.44. The molecule has 1 aliphatic carbocycles. The monoisotopic (exact) mass is 271 g/mol. The molecule has 2 rings (SSSR count). The van der Waals surface area contributed by atoms with Gasteiger partial charge in [-0.2, -0.15) is 11.8 Å². The Kier molecular flexibility index (Phi) is 5.79. The average molecular weight is 271 g/mol. The molecule has 3 N–H and O–H groups in total. The predicted molar refractivity (Wildman–Crippen MR) is 76.7 cm³/mol. The fraction of sp³-hybridized carbons (Fsp3) is 0.923. The minimum Gasteiger partial charge on any atom is -0.355 e. The predicted octanol–water partition coefficient (Wildman–Crippen LogP) is 0.669. The van der Waals surface area contributed by atoms with E-state index in [1.165, 1.54) is 24.6 Å². The molecule has 1 heterocycles. The molecule has 1 aliphatic heterocycles. The summed E-state index contributed by atoms with van der Waals surface area (Å²) in [5.41, 5.74) is 5.85. The van der Waals surface area contributed by atoms with E-state index < -0.39 is 0 Å². The Balaban J connectivity index is 1.59. The summed E-state index contributed by atoms with van der Waals surface area (Å²) in [7, 11) is 0. The number of carbonyl (C=O) groups excluding carboxylic acids is 1. The quantitative estimate of drug-likeness (QED) is 0.789. The van der Waals surface area contributed by atoms with Crippen LogP contribution in [0.3, 0.4) is 0 Å². The Morgan fingerprint density at radius 2 is 1.89 bits per heavy atom. The molecule has 18 heavy (non-hydrogen) atoms. The van der Waals surface area contributed by atoms with E-state index in [2.05, 4.69) is 10.2 Å². The van der Waals surface area contributed by atoms with Crippen molar-refractivity contribution in [2.75, 3.05) is 37.7 Å². The standard InChI is InChI=1S/C13H25N3OS/c14-12-3-1-11(2-4-12)13(17)15-5-6-16-7-9-18-10-8-16/h11-12H,1-10,14H2,(H,15,17). The van der Waals surface area contributed by atoms with E-state index in [0.29, 0.717) is 6.04 Å². The Labute approximate surface area is 114 Å². The number of hydrogen-bond acceptors (Lipinski definition) is 4. The van der Waals surface area contributed by atoms with Crippen LogP contribution in [0.4, 0.5) is 0 Å². The Hall–Kier alpha value is -0.260. The molecule has 0 aromatic heterocycles. The maximum Gasteiger partial charge on any atom is 0.223 e. The second-order valence-corrected chi connectivity index (χ2v) is 6.58. The summed E-state index contributed by atoms with van der Waals surface area (Å²) < 4.78 is 0. The van der Waals surface area contributed by atoms with Crippen LogP contribution >= 0.6 is 11.8 Å². The molecule has 1 saturated heterocycles. The number of nitrogens with one attached hydrogen (secondary N) is 1. The van der Waals surface area contributed by atoms with Crippen LogP contribution in [-0.2, 0) is 4.79 Å². The Morgan fingerprint density at radius 3 is 2.56 bits per heavy atom. The minimum absolute atomic E-state index is 0.210. The minimum atomic E-state index is 0.210. The van der Waals surface area contributed by atoms with Crippen molar-refractivity contribution in [1.82, 2.24) is 10.2 Å². The summed E-state index contributed by atoms with van der Waals surface area (Å²) in [4.78, 5) is 14.4. The van der Waals surface area contributed by atoms with Crippen molar-refractivity contribution in [3.8, 4) is 0 Å². The highest BCUT2D eigenvalue weighted by molar-refractivity contribution is 7.99. The molecule has 1 amide bonds. The van der Waals surface area contributed by atoms with Gasteiger partial charge in [0.25, 0.3) is 0 Å². The zero-order valence-electron chi connectivity index (χ0n) is 11.1. The highest BCUT2D eigenvalue weighted by atomic mass is 32.2. The first-order valence-electron chi connectivity index (χ1n) is 7.09. The normalized spacial score (nSPS) is 30.1. The van der Waals surface area contributed by atoms with Gasteiger partial charge >= 0.3 is 0 Å². The molecule has 2 aliphatic rings. The topological polar surface area (TPSA) is 58.4 Å². The van der Waals surface area contributed by atoms with E-state index in [1.807, 2.05) is 11.8 Å². The van der Waals surface area contributed by atoms with Gasteiger partial charge in [-0.15, -0.1) is 0 Å². The lowest BCUT2D eigenvalue weighted by Gasteiger charge is -2.27. The van der Waals surface area contributed by atoms with Crippen LogP contribution in [0.1, 0.15) is 25.7 Å². The first-order valence-corrected chi connectivity index (χ1v) is 8.24. The van der Waals surface area contributed by atoms with Crippen molar-refractivity contribution in [3.63, 3.8) is 0 Å². The number of rotatable bonds is 4. The average Bonchev–Trinajstić information content (AvgIpc) is 2.40. The van der Waals surface area contributed by atoms with Gasteiger partial charge in [-0.1, -0.05) is 0 Å². The molecule has 0 bridgehead atoms. The molecule has 4 nitrogen and oxygen atoms in total. The Morgan fingerprint density at radius 1 is 1.22 bits per heavy atom. The first-order chi connectivity index (χ1) is 8.75. The third-order valence-corrected chi connectivity index (χ3v) is 4.92. The van der Waals surface area contributed by atoms with Gasteiger partial charge in [-0.3, -0.25) is 9.69 Å². The van der Waals surface area contributed by atoms with Crippen LogP contribution < -0.4 is 11.1 Å². The number of amides is 1. The summed E-state index contributed by atoms with van der Waals surface area (Å²) in [5.74, 6) is 2.91. The van der Waals surface area contributed by atoms with Gasteiger partial charge in [0.1, 0.15) is 0 Å². The van der Waals surface area contributed by atoms with Gasteiger partial charge in [0.2, 0.25) is 5.91 Å².